The molecule has 5 rings (SSSR count). The highest BCUT2D eigenvalue weighted by molar-refractivity contribution is 6.99. The Morgan fingerprint density at radius 3 is 1.58 bits per heavy atom. The number of benzene rings is 4. The fourth-order valence-corrected chi connectivity index (χ4v) is 13.2. The van der Waals surface area contributed by atoms with Crippen LogP contribution in [-0.4, -0.2) is 28.1 Å². The third-order valence-electron chi connectivity index (χ3n) is 11.6. The molecule has 0 spiro atoms. The first-order valence-electron chi connectivity index (χ1n) is 19.9. The van der Waals surface area contributed by atoms with E-state index >= 15 is 0 Å². The van der Waals surface area contributed by atoms with Crippen molar-refractivity contribution in [3.05, 3.63) is 145 Å². The molecule has 0 radical (unpaired) electrons. The molecule has 52 heavy (non-hydrogen) atoms. The second-order valence-corrected chi connectivity index (χ2v) is 20.8. The zero-order chi connectivity index (χ0) is 36.6. The Hall–Kier alpha value is -3.28. The van der Waals surface area contributed by atoms with E-state index in [4.69, 9.17) is 13.9 Å². The highest BCUT2D eigenvalue weighted by Gasteiger charge is 2.50. The van der Waals surface area contributed by atoms with Crippen LogP contribution in [-0.2, 0) is 27.1 Å². The summed E-state index contributed by atoms with van der Waals surface area (Å²) >= 11 is 0. The lowest BCUT2D eigenvalue weighted by molar-refractivity contribution is -0.0516. The quantitative estimate of drug-likeness (QED) is 0.0488. The zero-order valence-electron chi connectivity index (χ0n) is 32.4. The number of unbranched alkanes of at least 4 members (excludes halogenated alkanes) is 1. The van der Waals surface area contributed by atoms with Gasteiger partial charge in [-0.1, -0.05) is 167 Å². The lowest BCUT2D eigenvalue weighted by Gasteiger charge is -2.45. The van der Waals surface area contributed by atoms with E-state index in [1.807, 2.05) is 0 Å². The maximum Gasteiger partial charge on any atom is 0.261 e. The molecule has 3 nitrogen and oxygen atoms in total. The second-order valence-electron chi connectivity index (χ2n) is 16.5. The summed E-state index contributed by atoms with van der Waals surface area (Å²) in [4.78, 5) is 0. The van der Waals surface area contributed by atoms with Crippen LogP contribution in [0.3, 0.4) is 0 Å². The Morgan fingerprint density at radius 2 is 1.12 bits per heavy atom. The fourth-order valence-electron chi connectivity index (χ4n) is 8.64. The molecular weight excluding hydrogens is 653 g/mol. The van der Waals surface area contributed by atoms with Gasteiger partial charge in [-0.15, -0.1) is 6.58 Å². The number of hydrogen-bond donors (Lipinski definition) is 0. The predicted molar refractivity (Wildman–Crippen MR) is 222 cm³/mol. The van der Waals surface area contributed by atoms with Crippen LogP contribution in [0.25, 0.3) is 0 Å². The van der Waals surface area contributed by atoms with Gasteiger partial charge in [0.1, 0.15) is 0 Å². The number of ether oxygens (including phenoxy) is 2. The smallest absolute Gasteiger partial charge is 0.261 e. The summed E-state index contributed by atoms with van der Waals surface area (Å²) in [6, 6.07) is 43.4. The van der Waals surface area contributed by atoms with Crippen LogP contribution < -0.4 is 10.4 Å². The van der Waals surface area contributed by atoms with E-state index in [0.717, 1.165) is 38.7 Å². The van der Waals surface area contributed by atoms with Crippen LogP contribution in [0.15, 0.2) is 134 Å². The van der Waals surface area contributed by atoms with E-state index in [1.165, 1.54) is 60.0 Å². The van der Waals surface area contributed by atoms with E-state index in [1.54, 1.807) is 0 Å². The summed E-state index contributed by atoms with van der Waals surface area (Å²) in [5, 5.41) is 2.69. The lowest BCUT2D eigenvalue weighted by Crippen LogP contribution is -2.66. The molecule has 0 heterocycles. The molecule has 4 heteroatoms. The van der Waals surface area contributed by atoms with E-state index in [9.17, 15) is 0 Å². The number of hydrogen-bond acceptors (Lipinski definition) is 3. The summed E-state index contributed by atoms with van der Waals surface area (Å²) in [7, 11) is -2.60. The molecule has 1 aliphatic carbocycles. The monoisotopic (exact) mass is 716 g/mol. The molecule has 0 saturated heterocycles. The van der Waals surface area contributed by atoms with Crippen molar-refractivity contribution in [3.8, 4) is 0 Å². The van der Waals surface area contributed by atoms with Gasteiger partial charge in [-0.3, -0.25) is 0 Å². The van der Waals surface area contributed by atoms with Crippen LogP contribution in [0.5, 0.6) is 0 Å². The maximum atomic E-state index is 7.51. The maximum absolute atomic E-state index is 7.51. The molecule has 0 N–H and O–H groups in total. The molecule has 0 atom stereocenters. The topological polar surface area (TPSA) is 27.7 Å². The average Bonchev–Trinajstić information content (AvgIpc) is 3.17. The second kappa shape index (κ2) is 19.7. The third-order valence-corrected chi connectivity index (χ3v) is 16.7. The van der Waals surface area contributed by atoms with Gasteiger partial charge in [0, 0.05) is 12.0 Å². The molecule has 0 bridgehead atoms. The van der Waals surface area contributed by atoms with E-state index in [0.29, 0.717) is 26.4 Å². The lowest BCUT2D eigenvalue weighted by atomic mass is 9.66. The largest absolute Gasteiger partial charge is 0.407 e. The van der Waals surface area contributed by atoms with Gasteiger partial charge >= 0.3 is 0 Å². The molecule has 1 saturated carbocycles. The molecular formula is C48H64O3Si. The van der Waals surface area contributed by atoms with Gasteiger partial charge in [-0.05, 0) is 83.3 Å². The van der Waals surface area contributed by atoms with Crippen LogP contribution in [0, 0.1) is 10.8 Å². The average molecular weight is 717 g/mol. The van der Waals surface area contributed by atoms with Gasteiger partial charge in [-0.25, -0.2) is 0 Å². The van der Waals surface area contributed by atoms with Crippen LogP contribution in [0.1, 0.15) is 103 Å². The Bertz CT molecular complexity index is 1470. The molecule has 0 aromatic heterocycles. The molecule has 4 aromatic carbocycles. The Morgan fingerprint density at radius 1 is 0.635 bits per heavy atom. The van der Waals surface area contributed by atoms with Crippen LogP contribution in [0.4, 0.5) is 0 Å². The Balaban J connectivity index is 1.38. The zero-order valence-corrected chi connectivity index (χ0v) is 33.4. The van der Waals surface area contributed by atoms with E-state index in [-0.39, 0.29) is 15.9 Å². The third kappa shape index (κ3) is 10.9. The molecule has 0 amide bonds. The Labute approximate surface area is 317 Å². The summed E-state index contributed by atoms with van der Waals surface area (Å²) in [5.74, 6) is 0. The SMILES string of the molecule is C=CCCCC(CCC1(CCO[Si](c2ccccc2)(c2ccccc2)C(C)(C)C)CCCCC1)(COCc1ccccc1)COCc1ccccc1. The highest BCUT2D eigenvalue weighted by atomic mass is 28.4. The summed E-state index contributed by atoms with van der Waals surface area (Å²) < 4.78 is 20.8. The predicted octanol–water partition coefficient (Wildman–Crippen LogP) is 11.5. The van der Waals surface area contributed by atoms with Gasteiger partial charge < -0.3 is 13.9 Å². The summed E-state index contributed by atoms with van der Waals surface area (Å²) in [6.45, 7) is 14.6. The van der Waals surface area contributed by atoms with Crippen molar-refractivity contribution < 1.29 is 13.9 Å². The minimum Gasteiger partial charge on any atom is -0.407 e. The number of allylic oxidation sites excluding steroid dienone is 1. The van der Waals surface area contributed by atoms with Crippen molar-refractivity contribution in [2.45, 2.75) is 110 Å². The minimum absolute atomic E-state index is 0.0259. The molecule has 4 aromatic rings. The van der Waals surface area contributed by atoms with Crippen molar-refractivity contribution in [2.75, 3.05) is 19.8 Å². The van der Waals surface area contributed by atoms with Crippen molar-refractivity contribution in [2.24, 2.45) is 10.8 Å². The normalized spacial score (nSPS) is 15.0. The van der Waals surface area contributed by atoms with Crippen molar-refractivity contribution in [1.82, 2.24) is 0 Å². The number of rotatable bonds is 21. The van der Waals surface area contributed by atoms with Gasteiger partial charge in [0.05, 0.1) is 26.4 Å². The molecule has 0 aliphatic heterocycles. The van der Waals surface area contributed by atoms with E-state index < -0.39 is 8.32 Å². The van der Waals surface area contributed by atoms with Gasteiger partial charge in [-0.2, -0.15) is 0 Å². The first kappa shape index (κ1) is 39.9. The van der Waals surface area contributed by atoms with Gasteiger partial charge in [0.2, 0.25) is 0 Å². The van der Waals surface area contributed by atoms with E-state index in [2.05, 4.69) is 155 Å². The first-order chi connectivity index (χ1) is 25.3. The van der Waals surface area contributed by atoms with Gasteiger partial charge in [0.15, 0.2) is 0 Å². The standard InChI is InChI=1S/C48H64O3Si/c1-5-6-20-33-48(40-49-38-42-23-12-7-13-24-42,41-50-39-43-25-14-8-15-26-43)35-34-47(31-21-11-22-32-47)36-37-51-52(46(2,3)4,44-27-16-9-17-28-44)45-29-18-10-19-30-45/h5,7-10,12-19,23-30H,1,6,11,20-22,31-41H2,2-4H3. The van der Waals surface area contributed by atoms with Crippen LogP contribution >= 0.6 is 0 Å². The van der Waals surface area contributed by atoms with Crippen molar-refractivity contribution in [1.29, 1.82) is 0 Å². The molecule has 278 valence electrons. The first-order valence-corrected chi connectivity index (χ1v) is 21.8. The minimum atomic E-state index is -2.60. The van der Waals surface area contributed by atoms with Crippen LogP contribution in [0.2, 0.25) is 5.04 Å². The van der Waals surface area contributed by atoms with Crippen molar-refractivity contribution >= 4 is 18.7 Å². The highest BCUT2D eigenvalue weighted by Crippen LogP contribution is 2.47. The molecule has 1 aliphatic rings. The Kier molecular flexibility index (Phi) is 15.1. The summed E-state index contributed by atoms with van der Waals surface area (Å²) in [5.41, 5.74) is 2.62. The molecule has 1 fully saturated rings. The summed E-state index contributed by atoms with van der Waals surface area (Å²) in [6.07, 6.45) is 15.1. The van der Waals surface area contributed by atoms with Gasteiger partial charge in [0.25, 0.3) is 8.32 Å². The molecule has 0 unspecified atom stereocenters. The fraction of sp³-hybridized carbons (Fsp3) is 0.458. The van der Waals surface area contributed by atoms with Crippen molar-refractivity contribution in [3.63, 3.8) is 0 Å².